The smallest absolute Gasteiger partial charge is 0.251 e. The van der Waals surface area contributed by atoms with Crippen LogP contribution in [0, 0.1) is 0 Å². The number of carbonyl (C=O) groups excluding carboxylic acids is 1. The lowest BCUT2D eigenvalue weighted by Crippen LogP contribution is -2.23. The number of rotatable bonds is 9. The molecule has 0 saturated carbocycles. The van der Waals surface area contributed by atoms with Gasteiger partial charge in [-0.1, -0.05) is 31.9 Å². The fourth-order valence-electron chi connectivity index (χ4n) is 3.55. The topological polar surface area (TPSA) is 76.1 Å². The number of hydrogen-bond donors (Lipinski definition) is 2. The maximum absolute atomic E-state index is 12.1. The molecular formula is C27H27ClN4O2. The van der Waals surface area contributed by atoms with Gasteiger partial charge in [-0.15, -0.1) is 0 Å². The summed E-state index contributed by atoms with van der Waals surface area (Å²) in [5.41, 5.74) is 3.88. The van der Waals surface area contributed by atoms with Crippen LogP contribution in [0.15, 0.2) is 66.9 Å². The van der Waals surface area contributed by atoms with Crippen LogP contribution in [0.4, 0.5) is 11.4 Å². The van der Waals surface area contributed by atoms with Crippen LogP contribution in [-0.2, 0) is 6.42 Å². The SMILES string of the molecule is CCCNC(=O)c1ccc(Oc2ccc(Cl)cc2Nc2ccnc3nc(CCC)ccc23)cc1. The molecule has 1 amide bonds. The van der Waals surface area contributed by atoms with Gasteiger partial charge < -0.3 is 15.4 Å². The standard InChI is InChI=1S/C27H27ClN4O2/c1-3-5-20-9-12-22-23(14-16-29-26(22)31-20)32-24-17-19(28)8-13-25(24)34-21-10-6-18(7-11-21)27(33)30-15-4-2/h6-14,16-17H,3-5,15H2,1-2H3,(H,30,33)(H,29,31,32). The zero-order chi connectivity index (χ0) is 23.9. The number of pyridine rings is 2. The summed E-state index contributed by atoms with van der Waals surface area (Å²) in [5, 5.41) is 7.79. The number of ether oxygens (including phenoxy) is 1. The Morgan fingerprint density at radius 3 is 2.56 bits per heavy atom. The quantitative estimate of drug-likeness (QED) is 0.275. The molecule has 7 heteroatoms. The third-order valence-corrected chi connectivity index (χ3v) is 5.49. The van der Waals surface area contributed by atoms with E-state index in [-0.39, 0.29) is 5.91 Å². The van der Waals surface area contributed by atoms with E-state index >= 15 is 0 Å². The largest absolute Gasteiger partial charge is 0.455 e. The summed E-state index contributed by atoms with van der Waals surface area (Å²) >= 11 is 6.29. The van der Waals surface area contributed by atoms with Crippen molar-refractivity contribution >= 4 is 39.9 Å². The fourth-order valence-corrected chi connectivity index (χ4v) is 3.72. The summed E-state index contributed by atoms with van der Waals surface area (Å²) in [5.74, 6) is 1.12. The summed E-state index contributed by atoms with van der Waals surface area (Å²) in [6.45, 7) is 4.80. The van der Waals surface area contributed by atoms with Gasteiger partial charge in [0.15, 0.2) is 11.4 Å². The van der Waals surface area contributed by atoms with E-state index in [0.29, 0.717) is 40.0 Å². The van der Waals surface area contributed by atoms with Crippen LogP contribution in [0.25, 0.3) is 11.0 Å². The molecule has 0 aliphatic rings. The minimum atomic E-state index is -0.0949. The van der Waals surface area contributed by atoms with Crippen molar-refractivity contribution in [2.24, 2.45) is 0 Å². The van der Waals surface area contributed by atoms with Gasteiger partial charge >= 0.3 is 0 Å². The van der Waals surface area contributed by atoms with Crippen molar-refractivity contribution in [3.05, 3.63) is 83.1 Å². The van der Waals surface area contributed by atoms with E-state index in [4.69, 9.17) is 16.3 Å². The zero-order valence-corrected chi connectivity index (χ0v) is 20.0. The molecule has 2 aromatic heterocycles. The number of nitrogens with zero attached hydrogens (tertiary/aromatic N) is 2. The first-order valence-electron chi connectivity index (χ1n) is 11.4. The van der Waals surface area contributed by atoms with E-state index < -0.39 is 0 Å². The first-order valence-corrected chi connectivity index (χ1v) is 11.8. The minimum Gasteiger partial charge on any atom is -0.455 e. The molecule has 0 unspecified atom stereocenters. The molecule has 4 aromatic rings. The van der Waals surface area contributed by atoms with Crippen molar-refractivity contribution in [3.8, 4) is 11.5 Å². The molecule has 34 heavy (non-hydrogen) atoms. The van der Waals surface area contributed by atoms with Crippen LogP contribution in [0.5, 0.6) is 11.5 Å². The highest BCUT2D eigenvalue weighted by molar-refractivity contribution is 6.31. The molecule has 2 aromatic carbocycles. The molecule has 174 valence electrons. The van der Waals surface area contributed by atoms with E-state index in [1.54, 1.807) is 36.5 Å². The Hall–Kier alpha value is -3.64. The second-order valence-corrected chi connectivity index (χ2v) is 8.37. The van der Waals surface area contributed by atoms with Crippen LogP contribution in [-0.4, -0.2) is 22.4 Å². The van der Waals surface area contributed by atoms with Gasteiger partial charge in [0.2, 0.25) is 0 Å². The molecule has 2 N–H and O–H groups in total. The Morgan fingerprint density at radius 1 is 0.971 bits per heavy atom. The Bertz CT molecular complexity index is 1290. The Labute approximate surface area is 204 Å². The normalized spacial score (nSPS) is 10.8. The predicted molar refractivity (Wildman–Crippen MR) is 137 cm³/mol. The molecule has 0 saturated heterocycles. The number of aryl methyl sites for hydroxylation is 1. The second-order valence-electron chi connectivity index (χ2n) is 7.93. The van der Waals surface area contributed by atoms with Crippen molar-refractivity contribution in [1.82, 2.24) is 15.3 Å². The van der Waals surface area contributed by atoms with Gasteiger partial charge in [0.05, 0.1) is 11.4 Å². The van der Waals surface area contributed by atoms with Crippen LogP contribution >= 0.6 is 11.6 Å². The lowest BCUT2D eigenvalue weighted by atomic mass is 10.1. The molecule has 0 aliphatic carbocycles. The van der Waals surface area contributed by atoms with Gasteiger partial charge in [0, 0.05) is 34.4 Å². The van der Waals surface area contributed by atoms with E-state index in [1.807, 2.05) is 37.3 Å². The maximum atomic E-state index is 12.1. The first kappa shape index (κ1) is 23.5. The average Bonchev–Trinajstić information content (AvgIpc) is 2.85. The van der Waals surface area contributed by atoms with Gasteiger partial charge in [0.25, 0.3) is 5.91 Å². The number of hydrogen-bond acceptors (Lipinski definition) is 5. The van der Waals surface area contributed by atoms with E-state index in [2.05, 4.69) is 27.5 Å². The molecule has 0 radical (unpaired) electrons. The molecule has 0 bridgehead atoms. The van der Waals surface area contributed by atoms with Crippen LogP contribution in [0.2, 0.25) is 5.02 Å². The van der Waals surface area contributed by atoms with Gasteiger partial charge in [0.1, 0.15) is 5.75 Å². The monoisotopic (exact) mass is 474 g/mol. The molecular weight excluding hydrogens is 448 g/mol. The van der Waals surface area contributed by atoms with Crippen molar-refractivity contribution in [2.75, 3.05) is 11.9 Å². The second kappa shape index (κ2) is 11.0. The van der Waals surface area contributed by atoms with Crippen molar-refractivity contribution < 1.29 is 9.53 Å². The van der Waals surface area contributed by atoms with Crippen LogP contribution < -0.4 is 15.4 Å². The summed E-state index contributed by atoms with van der Waals surface area (Å²) < 4.78 is 6.13. The fraction of sp³-hybridized carbons (Fsp3) is 0.222. The van der Waals surface area contributed by atoms with Crippen LogP contribution in [0.3, 0.4) is 0 Å². The third-order valence-electron chi connectivity index (χ3n) is 5.26. The Kier molecular flexibility index (Phi) is 7.60. The number of aromatic nitrogens is 2. The molecule has 4 rings (SSSR count). The van der Waals surface area contributed by atoms with Crippen molar-refractivity contribution in [2.45, 2.75) is 33.1 Å². The predicted octanol–water partition coefficient (Wildman–Crippen LogP) is 6.91. The molecule has 0 fully saturated rings. The minimum absolute atomic E-state index is 0.0949. The number of amides is 1. The number of fused-ring (bicyclic) bond motifs is 1. The number of anilines is 2. The zero-order valence-electron chi connectivity index (χ0n) is 19.3. The van der Waals surface area contributed by atoms with Crippen molar-refractivity contribution in [3.63, 3.8) is 0 Å². The highest BCUT2D eigenvalue weighted by Crippen LogP contribution is 2.35. The number of carbonyl (C=O) groups is 1. The maximum Gasteiger partial charge on any atom is 0.251 e. The van der Waals surface area contributed by atoms with Gasteiger partial charge in [-0.05, 0) is 73.5 Å². The van der Waals surface area contributed by atoms with E-state index in [0.717, 1.165) is 36.0 Å². The summed E-state index contributed by atoms with van der Waals surface area (Å²) in [7, 11) is 0. The van der Waals surface area contributed by atoms with Gasteiger partial charge in [-0.2, -0.15) is 0 Å². The molecule has 2 heterocycles. The summed E-state index contributed by atoms with van der Waals surface area (Å²) in [4.78, 5) is 21.3. The van der Waals surface area contributed by atoms with Gasteiger partial charge in [-0.25, -0.2) is 9.97 Å². The average molecular weight is 475 g/mol. The third kappa shape index (κ3) is 5.64. The highest BCUT2D eigenvalue weighted by atomic mass is 35.5. The number of halogens is 1. The Balaban J connectivity index is 1.58. The van der Waals surface area contributed by atoms with E-state index in [9.17, 15) is 4.79 Å². The molecule has 6 nitrogen and oxygen atoms in total. The molecule has 0 atom stereocenters. The lowest BCUT2D eigenvalue weighted by Gasteiger charge is -2.15. The molecule has 0 aliphatic heterocycles. The Morgan fingerprint density at radius 2 is 1.79 bits per heavy atom. The summed E-state index contributed by atoms with van der Waals surface area (Å²) in [6, 6.07) is 18.4. The van der Waals surface area contributed by atoms with Gasteiger partial charge in [-0.3, -0.25) is 4.79 Å². The summed E-state index contributed by atoms with van der Waals surface area (Å²) in [6.07, 6.45) is 4.58. The van der Waals surface area contributed by atoms with Crippen molar-refractivity contribution in [1.29, 1.82) is 0 Å². The molecule has 0 spiro atoms. The van der Waals surface area contributed by atoms with Crippen LogP contribution in [0.1, 0.15) is 42.7 Å². The number of benzene rings is 2. The van der Waals surface area contributed by atoms with E-state index in [1.165, 1.54) is 0 Å². The first-order chi connectivity index (χ1) is 16.6. The number of nitrogens with one attached hydrogen (secondary N) is 2. The highest BCUT2D eigenvalue weighted by Gasteiger charge is 2.11. The lowest BCUT2D eigenvalue weighted by molar-refractivity contribution is 0.0953.